The molecule has 1 aliphatic heterocycles. The van der Waals surface area contributed by atoms with Gasteiger partial charge in [0, 0.05) is 17.5 Å². The second-order valence-electron chi connectivity index (χ2n) is 7.85. The van der Waals surface area contributed by atoms with Gasteiger partial charge in [-0.3, -0.25) is 19.4 Å². The lowest BCUT2D eigenvalue weighted by molar-refractivity contribution is -0.144. The molecule has 7 heteroatoms. The van der Waals surface area contributed by atoms with Crippen LogP contribution in [-0.4, -0.2) is 33.7 Å². The topological polar surface area (TPSA) is 87.9 Å². The molecule has 3 aliphatic rings. The normalized spacial score (nSPS) is 20.1. The van der Waals surface area contributed by atoms with Crippen molar-refractivity contribution in [3.63, 3.8) is 0 Å². The van der Waals surface area contributed by atoms with Crippen LogP contribution in [0.25, 0.3) is 11.0 Å². The molecule has 4 amide bonds. The summed E-state index contributed by atoms with van der Waals surface area (Å²) in [6.07, 6.45) is 6.34. The van der Waals surface area contributed by atoms with Crippen molar-refractivity contribution in [2.24, 2.45) is 0 Å². The van der Waals surface area contributed by atoms with Gasteiger partial charge in [0.1, 0.15) is 5.58 Å². The summed E-state index contributed by atoms with van der Waals surface area (Å²) >= 11 is 0. The van der Waals surface area contributed by atoms with E-state index in [2.05, 4.69) is 0 Å². The molecule has 28 heavy (non-hydrogen) atoms. The summed E-state index contributed by atoms with van der Waals surface area (Å²) in [4.78, 5) is 51.9. The number of rotatable bonds is 3. The molecule has 144 valence electrons. The van der Waals surface area contributed by atoms with Gasteiger partial charge in [0.15, 0.2) is 0 Å². The molecule has 1 saturated carbocycles. The van der Waals surface area contributed by atoms with Gasteiger partial charge in [-0.15, -0.1) is 0 Å². The molecular weight excluding hydrogens is 360 g/mol. The van der Waals surface area contributed by atoms with E-state index in [4.69, 9.17) is 4.42 Å². The minimum absolute atomic E-state index is 0.104. The summed E-state index contributed by atoms with van der Waals surface area (Å²) in [6.45, 7) is -0.104. The van der Waals surface area contributed by atoms with Crippen molar-refractivity contribution in [2.75, 3.05) is 0 Å². The molecule has 0 spiro atoms. The Morgan fingerprint density at radius 1 is 0.893 bits per heavy atom. The summed E-state index contributed by atoms with van der Waals surface area (Å²) in [6, 6.07) is 4.40. The predicted octanol–water partition coefficient (Wildman–Crippen LogP) is 2.52. The fraction of sp³-hybridized carbons (Fsp3) is 0.429. The van der Waals surface area contributed by atoms with E-state index in [1.54, 1.807) is 0 Å². The molecule has 0 N–H and O–H groups in total. The van der Waals surface area contributed by atoms with Gasteiger partial charge < -0.3 is 4.42 Å². The summed E-state index contributed by atoms with van der Waals surface area (Å²) in [5.74, 6) is -1.58. The average molecular weight is 380 g/mol. The average Bonchev–Trinajstić information content (AvgIpc) is 3.38. The highest BCUT2D eigenvalue weighted by Crippen LogP contribution is 2.31. The number of carbonyl (C=O) groups is 3. The van der Waals surface area contributed by atoms with Crippen LogP contribution in [0.5, 0.6) is 0 Å². The molecule has 7 nitrogen and oxygen atoms in total. The van der Waals surface area contributed by atoms with Crippen molar-refractivity contribution >= 4 is 28.8 Å². The molecule has 2 aromatic rings. The Bertz CT molecular complexity index is 1080. The molecule has 0 unspecified atom stereocenters. The van der Waals surface area contributed by atoms with Gasteiger partial charge in [-0.1, -0.05) is 12.8 Å². The monoisotopic (exact) mass is 380 g/mol. The van der Waals surface area contributed by atoms with Crippen LogP contribution in [0.2, 0.25) is 0 Å². The fourth-order valence-electron chi connectivity index (χ4n) is 4.74. The zero-order chi connectivity index (χ0) is 19.4. The third-order valence-electron chi connectivity index (χ3n) is 6.14. The first-order chi connectivity index (χ1) is 13.5. The molecule has 0 bridgehead atoms. The molecule has 1 aromatic carbocycles. The van der Waals surface area contributed by atoms with Crippen molar-refractivity contribution in [3.05, 3.63) is 45.3 Å². The first-order valence-electron chi connectivity index (χ1n) is 9.80. The van der Waals surface area contributed by atoms with E-state index in [0.717, 1.165) is 54.7 Å². The standard InChI is InChI=1S/C21H20N2O5/c24-18-10-14(16-8-12-4-3-5-13(12)9-17(16)28-18)11-22-19(25)20(26)23(21(22)27)15-6-1-2-7-15/h8-10,15H,1-7,11H2. The second kappa shape index (κ2) is 6.29. The van der Waals surface area contributed by atoms with E-state index in [0.29, 0.717) is 16.5 Å². The second-order valence-corrected chi connectivity index (χ2v) is 7.85. The number of aryl methyl sites for hydroxylation is 2. The van der Waals surface area contributed by atoms with Gasteiger partial charge >= 0.3 is 23.5 Å². The molecule has 5 rings (SSSR count). The minimum Gasteiger partial charge on any atom is -0.423 e. The number of fused-ring (bicyclic) bond motifs is 2. The van der Waals surface area contributed by atoms with Gasteiger partial charge in [-0.25, -0.2) is 9.59 Å². The largest absolute Gasteiger partial charge is 0.423 e. The maximum absolute atomic E-state index is 12.8. The number of imide groups is 2. The number of hydrogen-bond donors (Lipinski definition) is 0. The highest BCUT2D eigenvalue weighted by molar-refractivity contribution is 6.44. The van der Waals surface area contributed by atoms with Crippen LogP contribution >= 0.6 is 0 Å². The van der Waals surface area contributed by atoms with E-state index in [-0.39, 0.29) is 12.6 Å². The summed E-state index contributed by atoms with van der Waals surface area (Å²) in [5.41, 5.74) is 2.83. The number of nitrogens with zero attached hydrogens (tertiary/aromatic N) is 2. The third kappa shape index (κ3) is 2.57. The van der Waals surface area contributed by atoms with Crippen molar-refractivity contribution in [1.29, 1.82) is 0 Å². The van der Waals surface area contributed by atoms with E-state index in [1.165, 1.54) is 17.2 Å². The van der Waals surface area contributed by atoms with Crippen molar-refractivity contribution in [1.82, 2.24) is 9.80 Å². The van der Waals surface area contributed by atoms with E-state index in [9.17, 15) is 19.2 Å². The maximum Gasteiger partial charge on any atom is 0.336 e. The molecule has 2 heterocycles. The van der Waals surface area contributed by atoms with E-state index < -0.39 is 23.5 Å². The number of amides is 4. The molecule has 1 aromatic heterocycles. The van der Waals surface area contributed by atoms with Crippen LogP contribution in [0.4, 0.5) is 4.79 Å². The molecule has 0 radical (unpaired) electrons. The summed E-state index contributed by atoms with van der Waals surface area (Å²) in [5, 5.41) is 0.715. The number of urea groups is 1. The molecular formula is C21H20N2O5. The Morgan fingerprint density at radius 3 is 2.36 bits per heavy atom. The Kier molecular flexibility index (Phi) is 3.86. The van der Waals surface area contributed by atoms with Gasteiger partial charge in [0.05, 0.1) is 6.54 Å². The maximum atomic E-state index is 12.8. The quantitative estimate of drug-likeness (QED) is 0.464. The zero-order valence-corrected chi connectivity index (χ0v) is 15.4. The lowest BCUT2D eigenvalue weighted by Gasteiger charge is -2.21. The summed E-state index contributed by atoms with van der Waals surface area (Å²) < 4.78 is 5.35. The smallest absolute Gasteiger partial charge is 0.336 e. The van der Waals surface area contributed by atoms with E-state index >= 15 is 0 Å². The Labute approximate surface area is 160 Å². The van der Waals surface area contributed by atoms with Crippen LogP contribution in [0.3, 0.4) is 0 Å². The van der Waals surface area contributed by atoms with Gasteiger partial charge in [-0.2, -0.15) is 0 Å². The third-order valence-corrected chi connectivity index (χ3v) is 6.14. The SMILES string of the molecule is O=C1C(=O)N(C2CCCC2)C(=O)N1Cc1cc(=O)oc2cc3c(cc12)CCC3. The van der Waals surface area contributed by atoms with Gasteiger partial charge in [0.2, 0.25) is 0 Å². The summed E-state index contributed by atoms with van der Waals surface area (Å²) in [7, 11) is 0. The van der Waals surface area contributed by atoms with Gasteiger partial charge in [0.25, 0.3) is 0 Å². The fourth-order valence-corrected chi connectivity index (χ4v) is 4.74. The molecule has 2 aliphatic carbocycles. The van der Waals surface area contributed by atoms with Crippen LogP contribution in [0.15, 0.2) is 27.4 Å². The van der Waals surface area contributed by atoms with Crippen LogP contribution in [0.1, 0.15) is 48.8 Å². The Morgan fingerprint density at radius 2 is 1.61 bits per heavy atom. The highest BCUT2D eigenvalue weighted by Gasteiger charge is 2.48. The predicted molar refractivity (Wildman–Crippen MR) is 99.6 cm³/mol. The van der Waals surface area contributed by atoms with Crippen LogP contribution in [0, 0.1) is 0 Å². The Hall–Kier alpha value is -2.96. The minimum atomic E-state index is -0.820. The lowest BCUT2D eigenvalue weighted by Crippen LogP contribution is -2.39. The number of carbonyl (C=O) groups excluding carboxylic acids is 3. The van der Waals surface area contributed by atoms with Gasteiger partial charge in [-0.05, 0) is 60.9 Å². The van der Waals surface area contributed by atoms with Crippen LogP contribution in [-0.2, 0) is 29.0 Å². The van der Waals surface area contributed by atoms with Crippen molar-refractivity contribution in [3.8, 4) is 0 Å². The first-order valence-corrected chi connectivity index (χ1v) is 9.80. The molecule has 2 fully saturated rings. The Balaban J connectivity index is 1.53. The zero-order valence-electron chi connectivity index (χ0n) is 15.4. The first kappa shape index (κ1) is 17.2. The van der Waals surface area contributed by atoms with E-state index in [1.807, 2.05) is 12.1 Å². The van der Waals surface area contributed by atoms with Crippen LogP contribution < -0.4 is 5.63 Å². The van der Waals surface area contributed by atoms with Crippen molar-refractivity contribution in [2.45, 2.75) is 57.5 Å². The molecule has 1 saturated heterocycles. The number of hydrogen-bond acceptors (Lipinski definition) is 5. The molecule has 0 atom stereocenters. The lowest BCUT2D eigenvalue weighted by atomic mass is 10.0. The highest BCUT2D eigenvalue weighted by atomic mass is 16.4. The van der Waals surface area contributed by atoms with Crippen molar-refractivity contribution < 1.29 is 18.8 Å². The number of benzene rings is 1.